The topological polar surface area (TPSA) is 17.1 Å². The van der Waals surface area contributed by atoms with Crippen molar-refractivity contribution in [3.8, 4) is 32.0 Å². The van der Waals surface area contributed by atoms with E-state index in [4.69, 9.17) is 0 Å². The van der Waals surface area contributed by atoms with Gasteiger partial charge in [0.25, 0.3) is 0 Å². The molecule has 6 heteroatoms. The number of fused-ring (bicyclic) bond motifs is 4. The Bertz CT molecular complexity index is 2120. The lowest BCUT2D eigenvalue weighted by atomic mass is 9.91. The van der Waals surface area contributed by atoms with E-state index in [1.165, 1.54) is 76.7 Å². The summed E-state index contributed by atoms with van der Waals surface area (Å²) >= 11 is 6.54. The predicted octanol–water partition coefficient (Wildman–Crippen LogP) is 12.0. The lowest BCUT2D eigenvalue weighted by molar-refractivity contribution is 0.101. The number of rotatable bonds is 4. The summed E-state index contributed by atoms with van der Waals surface area (Å²) in [5.41, 5.74) is 7.40. The Balaban J connectivity index is 1.61. The van der Waals surface area contributed by atoms with Crippen molar-refractivity contribution < 1.29 is 9.18 Å². The van der Waals surface area contributed by atoms with Crippen LogP contribution in [0.15, 0.2) is 60.7 Å². The number of hydrogen-bond donors (Lipinski definition) is 0. The number of carbonyl (C=O) groups excluding carboxylic acids is 1. The van der Waals surface area contributed by atoms with Crippen LogP contribution in [-0.4, -0.2) is 5.78 Å². The van der Waals surface area contributed by atoms with E-state index in [1.807, 2.05) is 18.3 Å². The molecule has 0 spiro atoms. The van der Waals surface area contributed by atoms with Crippen molar-refractivity contribution in [2.45, 2.75) is 34.6 Å². The molecule has 0 bridgehead atoms. The second-order valence-electron chi connectivity index (χ2n) is 10.4. The molecule has 0 saturated carbocycles. The first-order valence-corrected chi connectivity index (χ1v) is 16.3. The Kier molecular flexibility index (Phi) is 6.09. The summed E-state index contributed by atoms with van der Waals surface area (Å²) in [5.74, 6) is -0.586. The molecule has 0 aliphatic heterocycles. The first-order chi connectivity index (χ1) is 19.2. The fourth-order valence-electron chi connectivity index (χ4n) is 5.53. The fourth-order valence-corrected chi connectivity index (χ4v) is 10.5. The summed E-state index contributed by atoms with van der Waals surface area (Å²) in [6.45, 7) is 9.82. The molecule has 4 aromatic heterocycles. The highest BCUT2D eigenvalue weighted by Gasteiger charge is 2.26. The molecule has 0 amide bonds. The average molecular weight is 597 g/mol. The number of hydrogen-bond acceptors (Lipinski definition) is 5. The predicted molar refractivity (Wildman–Crippen MR) is 176 cm³/mol. The van der Waals surface area contributed by atoms with Crippen LogP contribution >= 0.6 is 45.3 Å². The highest BCUT2D eigenvalue weighted by molar-refractivity contribution is 7.31. The largest absolute Gasteiger partial charge is 0.293 e. The minimum atomic E-state index is -0.369. The molecule has 0 atom stereocenters. The molecule has 0 fully saturated rings. The molecule has 40 heavy (non-hydrogen) atoms. The quantitative estimate of drug-likeness (QED) is 0.185. The number of benzene rings is 3. The van der Waals surface area contributed by atoms with Gasteiger partial charge in [0, 0.05) is 58.2 Å². The van der Waals surface area contributed by atoms with Crippen molar-refractivity contribution in [1.29, 1.82) is 0 Å². The van der Waals surface area contributed by atoms with E-state index in [0.29, 0.717) is 5.39 Å². The monoisotopic (exact) mass is 596 g/mol. The summed E-state index contributed by atoms with van der Waals surface area (Å²) in [5, 5.41) is 3.09. The molecular formula is C34H25FOS4. The second kappa shape index (κ2) is 9.45. The molecule has 4 heterocycles. The number of thiophene rings is 4. The highest BCUT2D eigenvalue weighted by atomic mass is 32.1. The van der Waals surface area contributed by atoms with Gasteiger partial charge in [-0.3, -0.25) is 4.79 Å². The lowest BCUT2D eigenvalue weighted by Gasteiger charge is -2.15. The van der Waals surface area contributed by atoms with Gasteiger partial charge in [-0.2, -0.15) is 0 Å². The SMILES string of the molecule is CC(=O)c1sc2c(-c3cc4c(s3)c(-c3ccc(C)cc3)c(-c3ccc(C)cc3)c3sc(C)cc34)sc(C)c2c1F. The van der Waals surface area contributed by atoms with E-state index in [0.717, 1.165) is 19.3 Å². The zero-order valence-electron chi connectivity index (χ0n) is 22.7. The molecule has 1 nitrogen and oxygen atoms in total. The van der Waals surface area contributed by atoms with Crippen LogP contribution < -0.4 is 0 Å². The molecule has 7 rings (SSSR count). The van der Waals surface area contributed by atoms with Gasteiger partial charge in [0.05, 0.1) is 9.58 Å². The molecule has 0 aliphatic carbocycles. The first kappa shape index (κ1) is 25.8. The van der Waals surface area contributed by atoms with Gasteiger partial charge < -0.3 is 0 Å². The van der Waals surface area contributed by atoms with Gasteiger partial charge >= 0.3 is 0 Å². The Labute approximate surface area is 248 Å². The minimum Gasteiger partial charge on any atom is -0.293 e. The third kappa shape index (κ3) is 3.92. The van der Waals surface area contributed by atoms with Crippen molar-refractivity contribution in [3.05, 3.63) is 92.2 Å². The average Bonchev–Trinajstić information content (AvgIpc) is 3.67. The molecule has 0 saturated heterocycles. The van der Waals surface area contributed by atoms with Crippen LogP contribution in [0.4, 0.5) is 4.39 Å². The van der Waals surface area contributed by atoms with Gasteiger partial charge in [0.1, 0.15) is 4.88 Å². The molecule has 7 aromatic rings. The maximum absolute atomic E-state index is 15.3. The number of ketones is 1. The van der Waals surface area contributed by atoms with Gasteiger partial charge in [-0.15, -0.1) is 45.3 Å². The Morgan fingerprint density at radius 1 is 0.675 bits per heavy atom. The lowest BCUT2D eigenvalue weighted by Crippen LogP contribution is -1.90. The van der Waals surface area contributed by atoms with Crippen LogP contribution in [0.5, 0.6) is 0 Å². The molecular weight excluding hydrogens is 572 g/mol. The number of carbonyl (C=O) groups is 1. The van der Waals surface area contributed by atoms with E-state index in [1.54, 1.807) is 22.7 Å². The number of halogens is 1. The van der Waals surface area contributed by atoms with Crippen LogP contribution in [0, 0.1) is 33.5 Å². The fraction of sp³-hybridized carbons (Fsp3) is 0.147. The van der Waals surface area contributed by atoms with E-state index < -0.39 is 0 Å². The van der Waals surface area contributed by atoms with Crippen molar-refractivity contribution in [3.63, 3.8) is 0 Å². The Morgan fingerprint density at radius 2 is 1.23 bits per heavy atom. The third-order valence-electron chi connectivity index (χ3n) is 7.47. The third-order valence-corrected chi connectivity index (χ3v) is 12.4. The summed E-state index contributed by atoms with van der Waals surface area (Å²) in [4.78, 5) is 16.8. The zero-order chi connectivity index (χ0) is 27.9. The summed E-state index contributed by atoms with van der Waals surface area (Å²) in [7, 11) is 0. The maximum atomic E-state index is 15.3. The van der Waals surface area contributed by atoms with Crippen LogP contribution in [0.3, 0.4) is 0 Å². The van der Waals surface area contributed by atoms with Gasteiger partial charge in [0.15, 0.2) is 11.6 Å². The Morgan fingerprint density at radius 3 is 1.80 bits per heavy atom. The van der Waals surface area contributed by atoms with Crippen LogP contribution in [-0.2, 0) is 0 Å². The van der Waals surface area contributed by atoms with Gasteiger partial charge in [-0.05, 0) is 51.0 Å². The van der Waals surface area contributed by atoms with Gasteiger partial charge in [-0.25, -0.2) is 4.39 Å². The Hall–Kier alpha value is -3.16. The van der Waals surface area contributed by atoms with Crippen molar-refractivity contribution in [1.82, 2.24) is 0 Å². The van der Waals surface area contributed by atoms with Crippen LogP contribution in [0.2, 0.25) is 0 Å². The maximum Gasteiger partial charge on any atom is 0.172 e. The second-order valence-corrected chi connectivity index (χ2v) is 15.0. The summed E-state index contributed by atoms with van der Waals surface area (Å²) in [6, 6.07) is 22.3. The number of aryl methyl sites for hydroxylation is 4. The van der Waals surface area contributed by atoms with Gasteiger partial charge in [-0.1, -0.05) is 59.7 Å². The molecule has 198 valence electrons. The minimum absolute atomic E-state index is 0.217. The van der Waals surface area contributed by atoms with Crippen LogP contribution in [0.25, 0.3) is 62.3 Å². The zero-order valence-corrected chi connectivity index (χ0v) is 26.0. The van der Waals surface area contributed by atoms with Crippen molar-refractivity contribution in [2.24, 2.45) is 0 Å². The standard InChI is InChI=1S/C34H25FOS4/c1-16-6-10-21(11-7-16)27-28(22-12-8-17(2)9-13-22)32-24(23-14-18(3)37-31(23)27)15-25(39-32)33-34-26(20(5)38-33)29(35)30(40-34)19(4)36/h6-15H,1-5H3. The summed E-state index contributed by atoms with van der Waals surface area (Å²) < 4.78 is 18.7. The molecule has 0 aliphatic rings. The molecule has 0 unspecified atom stereocenters. The van der Waals surface area contributed by atoms with Crippen LogP contribution in [0.1, 0.15) is 37.5 Å². The number of Topliss-reactive ketones (excluding diaryl/α,β-unsaturated/α-hetero) is 1. The van der Waals surface area contributed by atoms with E-state index >= 15 is 4.39 Å². The first-order valence-electron chi connectivity index (χ1n) is 13.1. The van der Waals surface area contributed by atoms with Gasteiger partial charge in [0.2, 0.25) is 0 Å². The van der Waals surface area contributed by atoms with E-state index in [2.05, 4.69) is 81.4 Å². The smallest absolute Gasteiger partial charge is 0.172 e. The molecule has 0 N–H and O–H groups in total. The van der Waals surface area contributed by atoms with E-state index in [-0.39, 0.29) is 16.5 Å². The van der Waals surface area contributed by atoms with Crippen molar-refractivity contribution in [2.75, 3.05) is 0 Å². The molecule has 0 radical (unpaired) electrons. The highest BCUT2D eigenvalue weighted by Crippen LogP contribution is 2.53. The van der Waals surface area contributed by atoms with E-state index in [9.17, 15) is 4.79 Å². The normalized spacial score (nSPS) is 11.8. The molecule has 3 aromatic carbocycles. The van der Waals surface area contributed by atoms with Crippen molar-refractivity contribution >= 4 is 81.4 Å². The summed E-state index contributed by atoms with van der Waals surface area (Å²) in [6.07, 6.45) is 0.